The lowest BCUT2D eigenvalue weighted by atomic mass is 10.0. The van der Waals surface area contributed by atoms with Gasteiger partial charge in [0.2, 0.25) is 0 Å². The minimum Gasteiger partial charge on any atom is -0.493 e. The van der Waals surface area contributed by atoms with Crippen LogP contribution in [0, 0.1) is 27.7 Å². The zero-order chi connectivity index (χ0) is 23.5. The van der Waals surface area contributed by atoms with Gasteiger partial charge in [-0.25, -0.2) is 0 Å². The molecular formula is C27H37NO4. The lowest BCUT2D eigenvalue weighted by Gasteiger charge is -2.15. The molecule has 0 aromatic heterocycles. The lowest BCUT2D eigenvalue weighted by molar-refractivity contribution is 0.213. The Bertz CT molecular complexity index is 901. The van der Waals surface area contributed by atoms with Gasteiger partial charge in [0.15, 0.2) is 0 Å². The quantitative estimate of drug-likeness (QED) is 0.164. The molecule has 0 N–H and O–H groups in total. The van der Waals surface area contributed by atoms with E-state index >= 15 is 0 Å². The molecule has 0 bridgehead atoms. The molecule has 32 heavy (non-hydrogen) atoms. The molecule has 0 amide bonds. The van der Waals surface area contributed by atoms with Gasteiger partial charge in [0.25, 0.3) is 0 Å². The molecule has 5 heteroatoms. The van der Waals surface area contributed by atoms with Gasteiger partial charge in [-0.2, -0.15) is 0 Å². The zero-order valence-electron chi connectivity index (χ0n) is 20.6. The average Bonchev–Trinajstić information content (AvgIpc) is 2.74. The third-order valence-corrected chi connectivity index (χ3v) is 5.15. The average molecular weight is 440 g/mol. The van der Waals surface area contributed by atoms with Crippen LogP contribution < -0.4 is 14.2 Å². The maximum atomic E-state index is 6.08. The van der Waals surface area contributed by atoms with Gasteiger partial charge in [-0.05, 0) is 106 Å². The van der Waals surface area contributed by atoms with Crippen molar-refractivity contribution in [3.63, 3.8) is 0 Å². The number of aryl methyl sites for hydroxylation is 4. The van der Waals surface area contributed by atoms with Crippen LogP contribution >= 0.6 is 0 Å². The van der Waals surface area contributed by atoms with Gasteiger partial charge in [0, 0.05) is 0 Å². The smallest absolute Gasteiger partial charge is 0.125 e. The Morgan fingerprint density at radius 2 is 1.31 bits per heavy atom. The molecular weight excluding hydrogens is 402 g/mol. The van der Waals surface area contributed by atoms with Gasteiger partial charge in [0.05, 0.1) is 18.9 Å². The van der Waals surface area contributed by atoms with E-state index in [0.29, 0.717) is 19.8 Å². The van der Waals surface area contributed by atoms with Crippen molar-refractivity contribution in [2.45, 2.75) is 54.4 Å². The molecule has 0 atom stereocenters. The summed E-state index contributed by atoms with van der Waals surface area (Å²) in [5.74, 6) is 2.76. The Kier molecular flexibility index (Phi) is 10.1. The van der Waals surface area contributed by atoms with Crippen LogP contribution in [0.5, 0.6) is 17.2 Å². The number of allylic oxidation sites excluding steroid dienone is 1. The fourth-order valence-corrected chi connectivity index (χ4v) is 3.59. The van der Waals surface area contributed by atoms with Crippen molar-refractivity contribution in [3.05, 3.63) is 64.2 Å². The summed E-state index contributed by atoms with van der Waals surface area (Å²) in [7, 11) is 1.56. The summed E-state index contributed by atoms with van der Waals surface area (Å²) in [6.45, 7) is 14.1. The molecule has 0 aliphatic heterocycles. The third-order valence-electron chi connectivity index (χ3n) is 5.15. The van der Waals surface area contributed by atoms with Crippen LogP contribution in [0.1, 0.15) is 54.5 Å². The Hall–Kier alpha value is -2.95. The van der Waals surface area contributed by atoms with Crippen molar-refractivity contribution in [1.29, 1.82) is 0 Å². The number of ether oxygens (including phenoxy) is 3. The Morgan fingerprint density at radius 1 is 0.812 bits per heavy atom. The second kappa shape index (κ2) is 12.8. The van der Waals surface area contributed by atoms with E-state index in [1.54, 1.807) is 7.11 Å². The predicted molar refractivity (Wildman–Crippen MR) is 132 cm³/mol. The van der Waals surface area contributed by atoms with Crippen molar-refractivity contribution in [1.82, 2.24) is 0 Å². The van der Waals surface area contributed by atoms with Crippen molar-refractivity contribution < 1.29 is 19.0 Å². The van der Waals surface area contributed by atoms with Crippen LogP contribution in [0.3, 0.4) is 0 Å². The van der Waals surface area contributed by atoms with E-state index in [-0.39, 0.29) is 0 Å². The molecule has 0 spiro atoms. The van der Waals surface area contributed by atoms with Gasteiger partial charge in [-0.1, -0.05) is 17.3 Å². The Morgan fingerprint density at radius 3 is 1.78 bits per heavy atom. The third kappa shape index (κ3) is 7.33. The van der Waals surface area contributed by atoms with Crippen molar-refractivity contribution in [2.75, 3.05) is 26.9 Å². The van der Waals surface area contributed by atoms with E-state index < -0.39 is 0 Å². The van der Waals surface area contributed by atoms with Gasteiger partial charge in [-0.15, -0.1) is 0 Å². The number of nitrogens with zero attached hydrogens (tertiary/aromatic N) is 1. The molecule has 2 aromatic rings. The molecule has 0 heterocycles. The summed E-state index contributed by atoms with van der Waals surface area (Å²) in [4.78, 5) is 4.88. The molecule has 2 rings (SSSR count). The SMILES string of the molecule is C/C=C/COc1cc(C)c(OCCCCOc2c(C)cc(C(C)=NOC)cc2C)c(C)c1. The van der Waals surface area contributed by atoms with Crippen molar-refractivity contribution in [3.8, 4) is 17.2 Å². The molecule has 5 nitrogen and oxygen atoms in total. The molecule has 0 unspecified atom stereocenters. The van der Waals surface area contributed by atoms with Gasteiger partial charge >= 0.3 is 0 Å². The van der Waals surface area contributed by atoms with Crippen molar-refractivity contribution >= 4 is 5.71 Å². The molecule has 0 saturated carbocycles. The summed E-state index contributed by atoms with van der Waals surface area (Å²) in [5, 5.41) is 4.01. The highest BCUT2D eigenvalue weighted by atomic mass is 16.6. The largest absolute Gasteiger partial charge is 0.493 e. The van der Waals surface area contributed by atoms with Crippen LogP contribution in [0.2, 0.25) is 0 Å². The van der Waals surface area contributed by atoms with Gasteiger partial charge in [0.1, 0.15) is 31.0 Å². The minimum atomic E-state index is 0.581. The van der Waals surface area contributed by atoms with E-state index in [0.717, 1.165) is 63.6 Å². The highest BCUT2D eigenvalue weighted by molar-refractivity contribution is 5.98. The van der Waals surface area contributed by atoms with Crippen LogP contribution in [0.4, 0.5) is 0 Å². The summed E-state index contributed by atoms with van der Waals surface area (Å²) in [6, 6.07) is 8.23. The van der Waals surface area contributed by atoms with E-state index in [1.165, 1.54) is 0 Å². The van der Waals surface area contributed by atoms with Crippen LogP contribution in [-0.4, -0.2) is 32.6 Å². The first kappa shape index (κ1) is 25.3. The first-order valence-corrected chi connectivity index (χ1v) is 11.2. The highest BCUT2D eigenvalue weighted by Crippen LogP contribution is 2.29. The molecule has 0 fully saturated rings. The van der Waals surface area contributed by atoms with E-state index in [1.807, 2.05) is 38.1 Å². The number of hydrogen-bond acceptors (Lipinski definition) is 5. The molecule has 0 aliphatic rings. The number of unbranched alkanes of at least 4 members (excludes halogenated alkanes) is 1. The monoisotopic (exact) mass is 439 g/mol. The van der Waals surface area contributed by atoms with E-state index in [4.69, 9.17) is 19.0 Å². The van der Waals surface area contributed by atoms with Gasteiger partial charge in [-0.3, -0.25) is 0 Å². The standard InChI is InChI=1S/C27H37NO4/c1-8-9-12-30-25-17-21(4)27(22(5)18-25)32-14-11-10-13-31-26-19(2)15-24(16-20(26)3)23(6)28-29-7/h8-9,15-18H,10-14H2,1-7H3/b9-8+,28-23?. The van der Waals surface area contributed by atoms with Crippen LogP contribution in [0.15, 0.2) is 41.6 Å². The normalized spacial score (nSPS) is 11.7. The second-order valence-corrected chi connectivity index (χ2v) is 7.97. The van der Waals surface area contributed by atoms with E-state index in [2.05, 4.69) is 45.0 Å². The summed E-state index contributed by atoms with van der Waals surface area (Å²) in [6.07, 6.45) is 5.82. The molecule has 0 saturated heterocycles. The number of hydrogen-bond donors (Lipinski definition) is 0. The molecule has 2 aromatic carbocycles. The van der Waals surface area contributed by atoms with Gasteiger partial charge < -0.3 is 19.0 Å². The van der Waals surface area contributed by atoms with E-state index in [9.17, 15) is 0 Å². The fraction of sp³-hybridized carbons (Fsp3) is 0.444. The number of rotatable bonds is 12. The Labute approximate surface area is 193 Å². The number of benzene rings is 2. The zero-order valence-corrected chi connectivity index (χ0v) is 20.6. The maximum absolute atomic E-state index is 6.08. The van der Waals surface area contributed by atoms with Crippen LogP contribution in [0.25, 0.3) is 0 Å². The van der Waals surface area contributed by atoms with Crippen LogP contribution in [-0.2, 0) is 4.84 Å². The summed E-state index contributed by atoms with van der Waals surface area (Å²) in [5.41, 5.74) is 6.29. The first-order chi connectivity index (χ1) is 15.4. The minimum absolute atomic E-state index is 0.581. The molecule has 174 valence electrons. The lowest BCUT2D eigenvalue weighted by Crippen LogP contribution is -2.06. The number of oxime groups is 1. The summed E-state index contributed by atoms with van der Waals surface area (Å²) < 4.78 is 17.9. The topological polar surface area (TPSA) is 49.3 Å². The maximum Gasteiger partial charge on any atom is 0.125 e. The molecule has 0 aliphatic carbocycles. The molecule has 0 radical (unpaired) electrons. The highest BCUT2D eigenvalue weighted by Gasteiger charge is 2.10. The first-order valence-electron chi connectivity index (χ1n) is 11.2. The second-order valence-electron chi connectivity index (χ2n) is 7.97. The summed E-state index contributed by atoms with van der Waals surface area (Å²) >= 11 is 0. The Balaban J connectivity index is 1.82. The predicted octanol–water partition coefficient (Wildman–Crippen LogP) is 6.48. The van der Waals surface area contributed by atoms with Crippen molar-refractivity contribution in [2.24, 2.45) is 5.16 Å². The fourth-order valence-electron chi connectivity index (χ4n) is 3.59.